The van der Waals surface area contributed by atoms with Crippen molar-refractivity contribution in [3.63, 3.8) is 0 Å². The van der Waals surface area contributed by atoms with Gasteiger partial charge in [0.1, 0.15) is 0 Å². The van der Waals surface area contributed by atoms with Gasteiger partial charge in [0.05, 0.1) is 0 Å². The Hall–Kier alpha value is -2.74. The molecular weight excluding hydrogens is 803 g/mol. The zero-order valence-electron chi connectivity index (χ0n) is 35.5. The monoisotopic (exact) mass is 862 g/mol. The summed E-state index contributed by atoms with van der Waals surface area (Å²) in [4.78, 5) is 0. The van der Waals surface area contributed by atoms with Gasteiger partial charge in [0.15, 0.2) is 0 Å². The Kier molecular flexibility index (Phi) is 11.7. The molecule has 0 aromatic heterocycles. The molecule has 0 fully saturated rings. The topological polar surface area (TPSA) is 0 Å². The number of fused-ring (bicyclic) bond motifs is 2. The van der Waals surface area contributed by atoms with E-state index in [1.54, 1.807) is 16.7 Å². The summed E-state index contributed by atoms with van der Waals surface area (Å²) in [5.41, 5.74) is 24.5. The first-order valence-corrected chi connectivity index (χ1v) is 33.4. The number of hydrogen-bond donors (Lipinski definition) is 0. The minimum atomic E-state index is -3.95. The van der Waals surface area contributed by atoms with Crippen LogP contribution in [0.4, 0.5) is 0 Å². The van der Waals surface area contributed by atoms with Gasteiger partial charge in [-0.2, -0.15) is 0 Å². The van der Waals surface area contributed by atoms with Crippen LogP contribution in [0.15, 0.2) is 96.6 Å². The van der Waals surface area contributed by atoms with Gasteiger partial charge in [-0.25, -0.2) is 0 Å². The minimum absolute atomic E-state index is 0. The number of halogens is 2. The summed E-state index contributed by atoms with van der Waals surface area (Å²) in [6.45, 7) is 28.0. The molecule has 0 saturated heterocycles. The summed E-state index contributed by atoms with van der Waals surface area (Å²) in [6, 6.07) is 35.6. The fourth-order valence-electron chi connectivity index (χ4n) is 10.3. The van der Waals surface area contributed by atoms with Crippen LogP contribution in [-0.4, -0.2) is 6.88 Å². The van der Waals surface area contributed by atoms with Gasteiger partial charge in [-0.3, -0.25) is 0 Å². The molecule has 2 atom stereocenters. The second kappa shape index (κ2) is 14.9. The molecule has 7 rings (SSSR count). The van der Waals surface area contributed by atoms with Gasteiger partial charge >= 0.3 is 326 Å². The second-order valence-electron chi connectivity index (χ2n) is 19.8. The first-order chi connectivity index (χ1) is 24.7. The average Bonchev–Trinajstić information content (AvgIpc) is 3.63. The molecule has 0 aliphatic heterocycles. The molecule has 0 spiro atoms. The molecule has 5 aromatic carbocycles. The summed E-state index contributed by atoms with van der Waals surface area (Å²) in [6.07, 6.45) is 5.20. The van der Waals surface area contributed by atoms with E-state index in [1.807, 2.05) is 0 Å². The van der Waals surface area contributed by atoms with Crippen LogP contribution >= 0.6 is 24.8 Å². The Morgan fingerprint density at radius 2 is 1.04 bits per heavy atom. The van der Waals surface area contributed by atoms with E-state index in [0.29, 0.717) is 7.25 Å². The minimum Gasteiger partial charge on any atom is -0.147 e. The maximum atomic E-state index is 2.79. The van der Waals surface area contributed by atoms with Crippen molar-refractivity contribution in [1.82, 2.24) is 0 Å². The summed E-state index contributed by atoms with van der Waals surface area (Å²) in [5, 5.41) is 0. The van der Waals surface area contributed by atoms with E-state index < -0.39 is 17.4 Å². The zero-order valence-corrected chi connectivity index (χ0v) is 41.0. The van der Waals surface area contributed by atoms with Gasteiger partial charge in [0.25, 0.3) is 0 Å². The van der Waals surface area contributed by atoms with Crippen LogP contribution < -0.4 is 0 Å². The molecule has 2 aliphatic carbocycles. The largest absolute Gasteiger partial charge is 0.147 e. The maximum Gasteiger partial charge on any atom is -0.147 e. The van der Waals surface area contributed by atoms with Crippen LogP contribution in [0.3, 0.4) is 0 Å². The third-order valence-corrected chi connectivity index (χ3v) is 30.2. The fourth-order valence-corrected chi connectivity index (χ4v) is 30.2. The van der Waals surface area contributed by atoms with E-state index in [2.05, 4.69) is 195 Å². The number of aryl methyl sites for hydroxylation is 4. The molecule has 2 aliphatic rings. The van der Waals surface area contributed by atoms with E-state index in [9.17, 15) is 0 Å². The summed E-state index contributed by atoms with van der Waals surface area (Å²) in [7, 11) is 0. The van der Waals surface area contributed by atoms with E-state index in [1.165, 1.54) is 77.9 Å². The first kappa shape index (κ1) is 43.4. The molecule has 288 valence electrons. The van der Waals surface area contributed by atoms with Crippen molar-refractivity contribution in [1.29, 1.82) is 0 Å². The molecule has 5 aromatic rings. The summed E-state index contributed by atoms with van der Waals surface area (Å²) >= 11 is -3.95. The van der Waals surface area contributed by atoms with Crippen molar-refractivity contribution in [2.45, 2.75) is 104 Å². The Balaban J connectivity index is 0.00000290. The Labute approximate surface area is 347 Å². The Morgan fingerprint density at radius 1 is 0.545 bits per heavy atom. The SMILES string of the molecule is CC1=Cc2c(-c3ccc(C(C)(C)C)cc3)ccc(C)c2[CH]1[Zr]([CH3])([CH3])(=[SiH2])[CH]1C(c2c(C)cc(C)cc2C)=Cc2c(-c3ccc(C(C)(C)C)cc3)cccc21.Cl.Cl. The van der Waals surface area contributed by atoms with E-state index in [4.69, 9.17) is 0 Å². The number of hydrogen-bond acceptors (Lipinski definition) is 0. The van der Waals surface area contributed by atoms with Crippen LogP contribution in [0.25, 0.3) is 40.0 Å². The van der Waals surface area contributed by atoms with Crippen molar-refractivity contribution in [3.8, 4) is 22.3 Å². The predicted molar refractivity (Wildman–Crippen MR) is 248 cm³/mol. The molecule has 55 heavy (non-hydrogen) atoms. The first-order valence-electron chi connectivity index (χ1n) is 19.7. The van der Waals surface area contributed by atoms with E-state index in [-0.39, 0.29) is 35.6 Å². The van der Waals surface area contributed by atoms with Crippen LogP contribution in [0.5, 0.6) is 0 Å². The van der Waals surface area contributed by atoms with Crippen molar-refractivity contribution < 1.29 is 17.4 Å². The summed E-state index contributed by atoms with van der Waals surface area (Å²) < 4.78 is 6.40. The molecule has 2 unspecified atom stereocenters. The third kappa shape index (κ3) is 7.56. The quantitative estimate of drug-likeness (QED) is 0.154. The Morgan fingerprint density at radius 3 is 1.53 bits per heavy atom. The maximum absolute atomic E-state index is 3.95. The molecular formula is C51H62Cl2SiZr. The average molecular weight is 865 g/mol. The van der Waals surface area contributed by atoms with Gasteiger partial charge in [-0.15, -0.1) is 24.8 Å². The smallest absolute Gasteiger partial charge is 0.147 e. The molecule has 0 N–H and O–H groups in total. The predicted octanol–water partition coefficient (Wildman–Crippen LogP) is 14.8. The van der Waals surface area contributed by atoms with Gasteiger partial charge < -0.3 is 0 Å². The molecule has 0 heterocycles. The zero-order chi connectivity index (χ0) is 38.4. The van der Waals surface area contributed by atoms with Crippen molar-refractivity contribution >= 4 is 49.4 Å². The number of benzene rings is 5. The molecule has 0 amide bonds. The molecule has 0 bridgehead atoms. The fraction of sp³-hybridized carbons (Fsp3) is 0.333. The Bertz CT molecular complexity index is 2400. The summed E-state index contributed by atoms with van der Waals surface area (Å²) in [5.74, 6) is 0. The molecule has 0 radical (unpaired) electrons. The number of allylic oxidation sites excluding steroid dienone is 2. The van der Waals surface area contributed by atoms with Crippen molar-refractivity contribution in [2.75, 3.05) is 0 Å². The van der Waals surface area contributed by atoms with Crippen LogP contribution in [-0.2, 0) is 28.2 Å². The van der Waals surface area contributed by atoms with Crippen LogP contribution in [0.1, 0.15) is 117 Å². The molecule has 0 nitrogen and oxygen atoms in total. The van der Waals surface area contributed by atoms with E-state index >= 15 is 0 Å². The normalized spacial score (nSPS) is 16.8. The van der Waals surface area contributed by atoms with Gasteiger partial charge in [-0.05, 0) is 0 Å². The van der Waals surface area contributed by atoms with E-state index in [0.717, 1.165) is 0 Å². The van der Waals surface area contributed by atoms with Gasteiger partial charge in [0.2, 0.25) is 0 Å². The van der Waals surface area contributed by atoms with Crippen LogP contribution in [0, 0.1) is 27.7 Å². The third-order valence-electron chi connectivity index (χ3n) is 12.7. The van der Waals surface area contributed by atoms with Gasteiger partial charge in [-0.1, -0.05) is 0 Å². The molecule has 0 saturated carbocycles. The standard InChI is InChI=1S/C28H29.C21H23.2CH3.2ClH.H2Si.Zr/c1-18-14-19(2)27(20(3)15-18)23-16-22-8-7-9-25(26(22)17-23)21-10-12-24(13-11-21)28(4,5)6;1-14-12-19-15(2)6-11-18(20(19)13-14)16-7-9-17(10-8-16)21(3,4)5;;;;;;/h7-17H,1-6H3;6-13H,1-5H3;2*1H3;2*1H;1H2;. The molecule has 4 heteroatoms. The van der Waals surface area contributed by atoms with Gasteiger partial charge in [0, 0.05) is 0 Å². The second-order valence-corrected chi connectivity index (χ2v) is 50.3. The van der Waals surface area contributed by atoms with Crippen molar-refractivity contribution in [3.05, 3.63) is 158 Å². The van der Waals surface area contributed by atoms with Crippen LogP contribution in [0.2, 0.25) is 9.26 Å². The van der Waals surface area contributed by atoms with Crippen molar-refractivity contribution in [2.24, 2.45) is 0 Å². The number of rotatable bonds is 5.